The number of hydrogen-bond donors (Lipinski definition) is 0. The first-order valence-corrected chi connectivity index (χ1v) is 15.0. The molecule has 1 aliphatic heterocycles. The normalized spacial score (nSPS) is 16.2. The van der Waals surface area contributed by atoms with Crippen LogP contribution >= 0.6 is 27.7 Å². The number of benzene rings is 2. The van der Waals surface area contributed by atoms with E-state index in [4.69, 9.17) is 9.47 Å². The molecular weight excluding hydrogens is 564 g/mol. The molecular formula is C26H31BrN2O5S2. The van der Waals surface area contributed by atoms with Gasteiger partial charge in [0.25, 0.3) is 15.9 Å². The molecule has 0 radical (unpaired) electrons. The summed E-state index contributed by atoms with van der Waals surface area (Å²) in [6.07, 6.45) is 7.41. The van der Waals surface area contributed by atoms with Crippen LogP contribution in [-0.2, 0) is 14.8 Å². The SMILES string of the molecule is CCCCCCCOc1cc(/C=C2\SC(=NS(=O)(=O)c3ccc(Br)cc3)N(CC)C2=O)ccc1OC. The highest BCUT2D eigenvalue weighted by Crippen LogP contribution is 2.35. The molecule has 36 heavy (non-hydrogen) atoms. The van der Waals surface area contributed by atoms with Crippen molar-refractivity contribution in [3.8, 4) is 11.5 Å². The van der Waals surface area contributed by atoms with Crippen LogP contribution in [0.2, 0.25) is 0 Å². The van der Waals surface area contributed by atoms with Crippen LogP contribution in [0.5, 0.6) is 11.5 Å². The molecule has 3 rings (SSSR count). The lowest BCUT2D eigenvalue weighted by molar-refractivity contribution is -0.122. The summed E-state index contributed by atoms with van der Waals surface area (Å²) in [7, 11) is -2.38. The van der Waals surface area contributed by atoms with Crippen molar-refractivity contribution in [1.29, 1.82) is 0 Å². The number of ether oxygens (including phenoxy) is 2. The smallest absolute Gasteiger partial charge is 0.284 e. The monoisotopic (exact) mass is 594 g/mol. The third kappa shape index (κ3) is 7.36. The van der Waals surface area contributed by atoms with Gasteiger partial charge in [-0.05, 0) is 73.1 Å². The van der Waals surface area contributed by atoms with E-state index < -0.39 is 10.0 Å². The number of rotatable bonds is 12. The van der Waals surface area contributed by atoms with Crippen molar-refractivity contribution >= 4 is 54.9 Å². The van der Waals surface area contributed by atoms with Gasteiger partial charge in [-0.25, -0.2) is 0 Å². The second-order valence-corrected chi connectivity index (χ2v) is 11.7. The molecule has 0 N–H and O–H groups in total. The second kappa shape index (κ2) is 13.3. The Kier molecular flexibility index (Phi) is 10.4. The summed E-state index contributed by atoms with van der Waals surface area (Å²) < 4.78 is 41.8. The molecule has 1 amide bonds. The number of unbranched alkanes of at least 4 members (excludes halogenated alkanes) is 4. The number of amidine groups is 1. The van der Waals surface area contributed by atoms with Gasteiger partial charge in [-0.1, -0.05) is 54.6 Å². The summed E-state index contributed by atoms with van der Waals surface area (Å²) >= 11 is 4.34. The van der Waals surface area contributed by atoms with E-state index in [9.17, 15) is 13.2 Å². The van der Waals surface area contributed by atoms with Gasteiger partial charge in [0.15, 0.2) is 16.7 Å². The highest BCUT2D eigenvalue weighted by Gasteiger charge is 2.34. The number of methoxy groups -OCH3 is 1. The fraction of sp³-hybridized carbons (Fsp3) is 0.385. The van der Waals surface area contributed by atoms with Gasteiger partial charge in [0.1, 0.15) is 0 Å². The van der Waals surface area contributed by atoms with Gasteiger partial charge in [0.2, 0.25) is 0 Å². The molecule has 0 spiro atoms. The standard InChI is InChI=1S/C26H31BrN2O5S2/c1-4-6-7-8-9-16-34-23-17-19(10-15-22(23)33-3)18-24-25(30)29(5-2)26(35-24)28-36(31,32)21-13-11-20(27)12-14-21/h10-15,17-18H,4-9,16H2,1-3H3/b24-18-,28-26?. The molecule has 1 aliphatic rings. The van der Waals surface area contributed by atoms with Crippen LogP contribution in [0.25, 0.3) is 6.08 Å². The van der Waals surface area contributed by atoms with Crippen molar-refractivity contribution in [2.45, 2.75) is 50.8 Å². The van der Waals surface area contributed by atoms with E-state index >= 15 is 0 Å². The quantitative estimate of drug-likeness (QED) is 0.206. The van der Waals surface area contributed by atoms with Crippen molar-refractivity contribution in [3.63, 3.8) is 0 Å². The Bertz CT molecular complexity index is 1230. The third-order valence-corrected chi connectivity index (χ3v) is 8.44. The Morgan fingerprint density at radius 1 is 1.03 bits per heavy atom. The lowest BCUT2D eigenvalue weighted by Crippen LogP contribution is -2.29. The van der Waals surface area contributed by atoms with Gasteiger partial charge in [-0.3, -0.25) is 9.69 Å². The summed E-state index contributed by atoms with van der Waals surface area (Å²) in [6, 6.07) is 11.7. The summed E-state index contributed by atoms with van der Waals surface area (Å²) in [6.45, 7) is 4.85. The molecule has 0 saturated carbocycles. The Hall–Kier alpha value is -2.30. The molecule has 10 heteroatoms. The van der Waals surface area contributed by atoms with Gasteiger partial charge in [-0.2, -0.15) is 8.42 Å². The van der Waals surface area contributed by atoms with Gasteiger partial charge in [-0.15, -0.1) is 4.40 Å². The lowest BCUT2D eigenvalue weighted by Gasteiger charge is -2.12. The van der Waals surface area contributed by atoms with Crippen LogP contribution in [-0.4, -0.2) is 44.7 Å². The van der Waals surface area contributed by atoms with Crippen LogP contribution in [0.15, 0.2) is 61.1 Å². The van der Waals surface area contributed by atoms with Crippen LogP contribution < -0.4 is 9.47 Å². The lowest BCUT2D eigenvalue weighted by atomic mass is 10.1. The fourth-order valence-corrected chi connectivity index (χ4v) is 6.06. The summed E-state index contributed by atoms with van der Waals surface area (Å²) in [5.41, 5.74) is 0.751. The Morgan fingerprint density at radius 3 is 2.42 bits per heavy atom. The molecule has 0 atom stereocenters. The van der Waals surface area contributed by atoms with Crippen molar-refractivity contribution in [1.82, 2.24) is 4.90 Å². The predicted molar refractivity (Wildman–Crippen MR) is 149 cm³/mol. The predicted octanol–water partition coefficient (Wildman–Crippen LogP) is 6.49. The Morgan fingerprint density at radius 2 is 1.75 bits per heavy atom. The van der Waals surface area contributed by atoms with E-state index in [-0.39, 0.29) is 16.0 Å². The molecule has 0 unspecified atom stereocenters. The average Bonchev–Trinajstić information content (AvgIpc) is 3.14. The maximum absolute atomic E-state index is 13.0. The van der Waals surface area contributed by atoms with E-state index in [0.29, 0.717) is 29.6 Å². The minimum Gasteiger partial charge on any atom is -0.493 e. The minimum atomic E-state index is -3.97. The zero-order valence-electron chi connectivity index (χ0n) is 20.7. The largest absolute Gasteiger partial charge is 0.493 e. The maximum Gasteiger partial charge on any atom is 0.284 e. The number of halogens is 1. The number of likely N-dealkylation sites (N-methyl/N-ethyl adjacent to an activating group) is 1. The molecule has 0 bridgehead atoms. The van der Waals surface area contributed by atoms with Crippen LogP contribution in [0.3, 0.4) is 0 Å². The summed E-state index contributed by atoms with van der Waals surface area (Å²) in [5.74, 6) is 0.937. The minimum absolute atomic E-state index is 0.0615. The van der Waals surface area contributed by atoms with Crippen molar-refractivity contribution in [2.24, 2.45) is 4.40 Å². The molecule has 2 aromatic carbocycles. The third-order valence-electron chi connectivity index (χ3n) is 5.50. The Labute approximate surface area is 226 Å². The second-order valence-electron chi connectivity index (χ2n) is 8.14. The molecule has 194 valence electrons. The summed E-state index contributed by atoms with van der Waals surface area (Å²) in [5, 5.41) is 0.133. The molecule has 1 saturated heterocycles. The first kappa shape index (κ1) is 28.3. The van der Waals surface area contributed by atoms with E-state index in [1.165, 1.54) is 36.3 Å². The molecule has 7 nitrogen and oxygen atoms in total. The van der Waals surface area contributed by atoms with E-state index in [1.54, 1.807) is 38.3 Å². The van der Waals surface area contributed by atoms with Crippen molar-refractivity contribution in [3.05, 3.63) is 57.4 Å². The highest BCUT2D eigenvalue weighted by molar-refractivity contribution is 9.10. The zero-order valence-corrected chi connectivity index (χ0v) is 23.9. The maximum atomic E-state index is 13.0. The van der Waals surface area contributed by atoms with Gasteiger partial charge >= 0.3 is 0 Å². The van der Waals surface area contributed by atoms with Gasteiger partial charge in [0, 0.05) is 11.0 Å². The molecule has 1 heterocycles. The van der Waals surface area contributed by atoms with E-state index in [0.717, 1.165) is 34.6 Å². The van der Waals surface area contributed by atoms with Crippen LogP contribution in [0.1, 0.15) is 51.5 Å². The molecule has 2 aromatic rings. The number of nitrogens with zero attached hydrogens (tertiary/aromatic N) is 2. The topological polar surface area (TPSA) is 85.3 Å². The van der Waals surface area contributed by atoms with Crippen molar-refractivity contribution < 1.29 is 22.7 Å². The number of amides is 1. The highest BCUT2D eigenvalue weighted by atomic mass is 79.9. The van der Waals surface area contributed by atoms with Crippen molar-refractivity contribution in [2.75, 3.05) is 20.3 Å². The number of sulfonamides is 1. The zero-order chi connectivity index (χ0) is 26.1. The fourth-order valence-electron chi connectivity index (χ4n) is 3.55. The molecule has 1 fully saturated rings. The number of carbonyl (C=O) groups excluding carboxylic acids is 1. The molecule has 0 aromatic heterocycles. The number of thioether (sulfide) groups is 1. The van der Waals surface area contributed by atoms with Gasteiger partial charge in [0.05, 0.1) is 23.5 Å². The average molecular weight is 596 g/mol. The van der Waals surface area contributed by atoms with Crippen LogP contribution in [0, 0.1) is 0 Å². The van der Waals surface area contributed by atoms with E-state index in [1.807, 2.05) is 12.1 Å². The van der Waals surface area contributed by atoms with E-state index in [2.05, 4.69) is 27.3 Å². The first-order valence-electron chi connectivity index (χ1n) is 11.9. The van der Waals surface area contributed by atoms with Crippen LogP contribution in [0.4, 0.5) is 0 Å². The number of hydrogen-bond acceptors (Lipinski definition) is 6. The molecule has 0 aliphatic carbocycles. The first-order chi connectivity index (χ1) is 17.3. The van der Waals surface area contributed by atoms with Gasteiger partial charge < -0.3 is 9.47 Å². The number of carbonyl (C=O) groups is 1. The Balaban J connectivity index is 1.81. The summed E-state index contributed by atoms with van der Waals surface area (Å²) in [4.78, 5) is 14.8.